The van der Waals surface area contributed by atoms with Gasteiger partial charge in [-0.3, -0.25) is 4.79 Å². The van der Waals surface area contributed by atoms with Gasteiger partial charge < -0.3 is 4.74 Å². The van der Waals surface area contributed by atoms with E-state index in [0.29, 0.717) is 6.61 Å². The third-order valence-corrected chi connectivity index (χ3v) is 2.02. The molecule has 0 fully saturated rings. The largest absolute Gasteiger partial charge is 0.462 e. The fourth-order valence-corrected chi connectivity index (χ4v) is 1.22. The van der Waals surface area contributed by atoms with E-state index in [9.17, 15) is 4.79 Å². The Hall–Kier alpha value is -0.790. The summed E-state index contributed by atoms with van der Waals surface area (Å²) in [6, 6.07) is 0. The second-order valence-corrected chi connectivity index (χ2v) is 3.48. The number of hydrogen-bond acceptors (Lipinski definition) is 2. The number of ether oxygens (including phenoxy) is 1. The lowest BCUT2D eigenvalue weighted by Gasteiger charge is -1.97. The van der Waals surface area contributed by atoms with Crippen molar-refractivity contribution in [1.29, 1.82) is 0 Å². The van der Waals surface area contributed by atoms with Gasteiger partial charge in [0.1, 0.15) is 6.61 Å². The van der Waals surface area contributed by atoms with Crippen molar-refractivity contribution >= 4 is 5.97 Å². The molecule has 2 nitrogen and oxygen atoms in total. The predicted octanol–water partition coefficient (Wildman–Crippen LogP) is 3.47. The van der Waals surface area contributed by atoms with E-state index in [0.717, 1.165) is 6.42 Å². The predicted molar refractivity (Wildman–Crippen MR) is 59.1 cm³/mol. The number of hydrogen-bond donors (Lipinski definition) is 0. The van der Waals surface area contributed by atoms with E-state index >= 15 is 0 Å². The molecular formula is C12H22O2. The lowest BCUT2D eigenvalue weighted by atomic mass is 10.1. The first-order chi connectivity index (χ1) is 6.77. The third-order valence-electron chi connectivity index (χ3n) is 2.02. The molecule has 0 rings (SSSR count). The second-order valence-electron chi connectivity index (χ2n) is 3.48. The van der Waals surface area contributed by atoms with Gasteiger partial charge in [-0.15, -0.1) is 0 Å². The van der Waals surface area contributed by atoms with Gasteiger partial charge in [0, 0.05) is 6.92 Å². The standard InChI is InChI=1S/C12H22O2/c1-3-4-5-6-7-8-9-10-11-14-12(2)13/h9-10H,3-8,11H2,1-2H3/b10-9+. The van der Waals surface area contributed by atoms with Gasteiger partial charge in [0.15, 0.2) is 0 Å². The van der Waals surface area contributed by atoms with Crippen LogP contribution in [0.15, 0.2) is 12.2 Å². The fourth-order valence-electron chi connectivity index (χ4n) is 1.22. The van der Waals surface area contributed by atoms with Crippen LogP contribution in [0, 0.1) is 0 Å². The topological polar surface area (TPSA) is 26.3 Å². The maximum atomic E-state index is 10.4. The van der Waals surface area contributed by atoms with Gasteiger partial charge >= 0.3 is 5.97 Å². The second kappa shape index (κ2) is 10.3. The van der Waals surface area contributed by atoms with E-state index in [1.165, 1.54) is 39.0 Å². The molecule has 0 aromatic rings. The number of rotatable bonds is 8. The number of carbonyl (C=O) groups is 1. The summed E-state index contributed by atoms with van der Waals surface area (Å²) in [5, 5.41) is 0. The first-order valence-electron chi connectivity index (χ1n) is 5.55. The summed E-state index contributed by atoms with van der Waals surface area (Å²) < 4.78 is 4.76. The van der Waals surface area contributed by atoms with Crippen LogP contribution in [-0.2, 0) is 9.53 Å². The molecule has 0 aromatic heterocycles. The maximum Gasteiger partial charge on any atom is 0.302 e. The molecule has 2 heteroatoms. The Morgan fingerprint density at radius 2 is 1.86 bits per heavy atom. The summed E-state index contributed by atoms with van der Waals surface area (Å²) in [6.07, 6.45) is 11.6. The molecule has 0 heterocycles. The zero-order valence-electron chi connectivity index (χ0n) is 9.42. The van der Waals surface area contributed by atoms with E-state index in [1.807, 2.05) is 6.08 Å². The third kappa shape index (κ3) is 11.2. The minimum absolute atomic E-state index is 0.211. The lowest BCUT2D eigenvalue weighted by molar-refractivity contribution is -0.139. The molecule has 0 aliphatic rings. The van der Waals surface area contributed by atoms with Crippen LogP contribution >= 0.6 is 0 Å². The fraction of sp³-hybridized carbons (Fsp3) is 0.750. The van der Waals surface area contributed by atoms with Gasteiger partial charge in [-0.2, -0.15) is 0 Å². The van der Waals surface area contributed by atoms with Gasteiger partial charge in [-0.05, 0) is 12.8 Å². The zero-order chi connectivity index (χ0) is 10.6. The zero-order valence-corrected chi connectivity index (χ0v) is 9.42. The van der Waals surface area contributed by atoms with Crippen LogP contribution in [0.1, 0.15) is 52.4 Å². The Morgan fingerprint density at radius 3 is 2.50 bits per heavy atom. The van der Waals surface area contributed by atoms with Crippen molar-refractivity contribution in [2.45, 2.75) is 52.4 Å². The number of carbonyl (C=O) groups excluding carboxylic acids is 1. The maximum absolute atomic E-state index is 10.4. The molecule has 82 valence electrons. The molecule has 0 aromatic carbocycles. The van der Waals surface area contributed by atoms with Crippen LogP contribution in [0.4, 0.5) is 0 Å². The van der Waals surface area contributed by atoms with Crippen LogP contribution in [0.25, 0.3) is 0 Å². The van der Waals surface area contributed by atoms with Gasteiger partial charge in [-0.1, -0.05) is 44.8 Å². The molecule has 0 spiro atoms. The summed E-state index contributed by atoms with van der Waals surface area (Å²) in [4.78, 5) is 10.4. The Balaban J connectivity index is 3.07. The van der Waals surface area contributed by atoms with E-state index < -0.39 is 0 Å². The number of esters is 1. The molecule has 0 saturated carbocycles. The van der Waals surface area contributed by atoms with Crippen LogP contribution in [0.5, 0.6) is 0 Å². The molecule has 0 N–H and O–H groups in total. The van der Waals surface area contributed by atoms with Crippen molar-refractivity contribution in [1.82, 2.24) is 0 Å². The summed E-state index contributed by atoms with van der Waals surface area (Å²) in [7, 11) is 0. The molecule has 0 unspecified atom stereocenters. The highest BCUT2D eigenvalue weighted by Crippen LogP contribution is 2.05. The molecule has 0 aliphatic carbocycles. The lowest BCUT2D eigenvalue weighted by Crippen LogP contribution is -1.97. The molecule has 0 atom stereocenters. The summed E-state index contributed by atoms with van der Waals surface area (Å²) in [6.45, 7) is 4.07. The van der Waals surface area contributed by atoms with Crippen LogP contribution in [0.2, 0.25) is 0 Å². The van der Waals surface area contributed by atoms with Gasteiger partial charge in [0.05, 0.1) is 0 Å². The normalized spacial score (nSPS) is 10.7. The van der Waals surface area contributed by atoms with Gasteiger partial charge in [-0.25, -0.2) is 0 Å². The van der Waals surface area contributed by atoms with Crippen molar-refractivity contribution in [3.8, 4) is 0 Å². The highest BCUT2D eigenvalue weighted by atomic mass is 16.5. The average Bonchev–Trinajstić information content (AvgIpc) is 2.15. The average molecular weight is 198 g/mol. The van der Waals surface area contributed by atoms with Gasteiger partial charge in [0.25, 0.3) is 0 Å². The first-order valence-corrected chi connectivity index (χ1v) is 5.55. The Labute approximate surface area is 87.3 Å². The summed E-state index contributed by atoms with van der Waals surface area (Å²) in [5.74, 6) is -0.211. The van der Waals surface area contributed by atoms with E-state index in [2.05, 4.69) is 13.0 Å². The van der Waals surface area contributed by atoms with Crippen LogP contribution in [-0.4, -0.2) is 12.6 Å². The molecule has 0 radical (unpaired) electrons. The molecule has 0 aliphatic heterocycles. The smallest absolute Gasteiger partial charge is 0.302 e. The highest BCUT2D eigenvalue weighted by molar-refractivity contribution is 5.65. The van der Waals surface area contributed by atoms with E-state index in [4.69, 9.17) is 4.74 Å². The van der Waals surface area contributed by atoms with Crippen molar-refractivity contribution in [2.75, 3.05) is 6.61 Å². The van der Waals surface area contributed by atoms with Crippen molar-refractivity contribution in [2.24, 2.45) is 0 Å². The molecule has 14 heavy (non-hydrogen) atoms. The van der Waals surface area contributed by atoms with E-state index in [-0.39, 0.29) is 5.97 Å². The van der Waals surface area contributed by atoms with Crippen LogP contribution < -0.4 is 0 Å². The van der Waals surface area contributed by atoms with Crippen LogP contribution in [0.3, 0.4) is 0 Å². The highest BCUT2D eigenvalue weighted by Gasteiger charge is 1.88. The Kier molecular flexibility index (Phi) is 9.71. The van der Waals surface area contributed by atoms with E-state index in [1.54, 1.807) is 0 Å². The monoisotopic (exact) mass is 198 g/mol. The Morgan fingerprint density at radius 1 is 1.14 bits per heavy atom. The van der Waals surface area contributed by atoms with Gasteiger partial charge in [0.2, 0.25) is 0 Å². The quantitative estimate of drug-likeness (QED) is 0.339. The number of allylic oxidation sites excluding steroid dienone is 1. The summed E-state index contributed by atoms with van der Waals surface area (Å²) >= 11 is 0. The Bertz CT molecular complexity index is 162. The van der Waals surface area contributed by atoms with Crippen molar-refractivity contribution in [3.63, 3.8) is 0 Å². The first kappa shape index (κ1) is 13.2. The minimum Gasteiger partial charge on any atom is -0.462 e. The molecule has 0 amide bonds. The summed E-state index contributed by atoms with van der Waals surface area (Å²) in [5.41, 5.74) is 0. The SMILES string of the molecule is CCCCCCC/C=C/COC(C)=O. The minimum atomic E-state index is -0.211. The molecule has 0 bridgehead atoms. The number of unbranched alkanes of at least 4 members (excludes halogenated alkanes) is 5. The molecule has 0 saturated heterocycles. The van der Waals surface area contributed by atoms with Crippen molar-refractivity contribution < 1.29 is 9.53 Å². The van der Waals surface area contributed by atoms with Crippen molar-refractivity contribution in [3.05, 3.63) is 12.2 Å². The molecular weight excluding hydrogens is 176 g/mol.